The molecule has 0 aromatic heterocycles. The Balaban J connectivity index is 0. The molecule has 80 valence electrons. The zero-order valence-electron chi connectivity index (χ0n) is 8.75. The Hall–Kier alpha value is 0.200. The summed E-state index contributed by atoms with van der Waals surface area (Å²) < 4.78 is 5.23. The van der Waals surface area contributed by atoms with Gasteiger partial charge < -0.3 is 10.5 Å². The van der Waals surface area contributed by atoms with Crippen molar-refractivity contribution in [3.8, 4) is 0 Å². The molecular weight excluding hydrogens is 202 g/mol. The molecule has 4 heteroatoms. The quantitative estimate of drug-likeness (QED) is 0.568. The third-order valence-electron chi connectivity index (χ3n) is 1.10. The van der Waals surface area contributed by atoms with Crippen LogP contribution in [0.1, 0.15) is 33.6 Å². The van der Waals surface area contributed by atoms with E-state index in [9.17, 15) is 0 Å². The number of ether oxygens (including phenoxy) is 1. The molecule has 0 amide bonds. The van der Waals surface area contributed by atoms with E-state index >= 15 is 0 Å². The molecule has 0 spiro atoms. The SMILES string of the molecule is CC(C)COC(=S)S.CCCCN. The van der Waals surface area contributed by atoms with Gasteiger partial charge in [0.25, 0.3) is 0 Å². The summed E-state index contributed by atoms with van der Waals surface area (Å²) in [6.45, 7) is 7.77. The van der Waals surface area contributed by atoms with Gasteiger partial charge in [-0.2, -0.15) is 0 Å². The minimum atomic E-state index is 0.332. The van der Waals surface area contributed by atoms with Crippen molar-refractivity contribution in [2.75, 3.05) is 13.2 Å². The normalized spacial score (nSPS) is 9.08. The van der Waals surface area contributed by atoms with Crippen LogP contribution in [0.5, 0.6) is 0 Å². The molecule has 0 heterocycles. The maximum atomic E-state index is 5.14. The average molecular weight is 223 g/mol. The predicted octanol–water partition coefficient (Wildman–Crippen LogP) is 2.62. The Labute approximate surface area is 92.6 Å². The monoisotopic (exact) mass is 223 g/mol. The molecule has 2 N–H and O–H groups in total. The molecule has 0 saturated heterocycles. The van der Waals surface area contributed by atoms with Crippen molar-refractivity contribution in [2.45, 2.75) is 33.6 Å². The molecule has 0 unspecified atom stereocenters. The number of rotatable bonds is 4. The van der Waals surface area contributed by atoms with Gasteiger partial charge in [-0.05, 0) is 31.1 Å². The van der Waals surface area contributed by atoms with Crippen molar-refractivity contribution in [3.05, 3.63) is 0 Å². The van der Waals surface area contributed by atoms with E-state index in [0.717, 1.165) is 6.54 Å². The lowest BCUT2D eigenvalue weighted by molar-refractivity contribution is 0.273. The minimum Gasteiger partial charge on any atom is -0.478 e. The van der Waals surface area contributed by atoms with E-state index in [-0.39, 0.29) is 0 Å². The van der Waals surface area contributed by atoms with Crippen LogP contribution in [-0.2, 0) is 4.74 Å². The van der Waals surface area contributed by atoms with Crippen LogP contribution in [0, 0.1) is 5.92 Å². The molecule has 0 aliphatic carbocycles. The first kappa shape index (κ1) is 15.7. The highest BCUT2D eigenvalue weighted by Crippen LogP contribution is 1.95. The summed E-state index contributed by atoms with van der Waals surface area (Å²) in [5.41, 5.74) is 5.14. The van der Waals surface area contributed by atoms with Crippen LogP contribution in [-0.4, -0.2) is 17.5 Å². The first-order valence-electron chi connectivity index (χ1n) is 4.60. The van der Waals surface area contributed by atoms with Gasteiger partial charge in [0.05, 0.1) is 6.61 Å². The van der Waals surface area contributed by atoms with Crippen molar-refractivity contribution >= 4 is 29.2 Å². The summed E-state index contributed by atoms with van der Waals surface area (Å²) in [6.07, 6.45) is 2.39. The number of hydrogen-bond acceptors (Lipinski definition) is 3. The van der Waals surface area contributed by atoms with Gasteiger partial charge >= 0.3 is 0 Å². The Morgan fingerprint density at radius 3 is 2.15 bits per heavy atom. The molecule has 0 rings (SSSR count). The molecule has 0 saturated carbocycles. The topological polar surface area (TPSA) is 35.2 Å². The van der Waals surface area contributed by atoms with Crippen LogP contribution in [0.25, 0.3) is 0 Å². The van der Waals surface area contributed by atoms with Crippen LogP contribution >= 0.6 is 24.8 Å². The minimum absolute atomic E-state index is 0.332. The molecule has 0 fully saturated rings. The fourth-order valence-corrected chi connectivity index (χ4v) is 0.585. The first-order valence-corrected chi connectivity index (χ1v) is 5.45. The molecular formula is C9H21NOS2. The molecule has 0 aliphatic rings. The summed E-state index contributed by atoms with van der Waals surface area (Å²) in [7, 11) is 0. The Morgan fingerprint density at radius 1 is 1.54 bits per heavy atom. The molecule has 0 aromatic carbocycles. The van der Waals surface area contributed by atoms with Crippen LogP contribution in [0.2, 0.25) is 0 Å². The summed E-state index contributed by atoms with van der Waals surface area (Å²) in [6, 6.07) is 0. The second-order valence-electron chi connectivity index (χ2n) is 3.11. The number of thiol groups is 1. The van der Waals surface area contributed by atoms with Gasteiger partial charge in [-0.3, -0.25) is 0 Å². The fourth-order valence-electron chi connectivity index (χ4n) is 0.442. The van der Waals surface area contributed by atoms with E-state index in [2.05, 4.69) is 45.6 Å². The number of unbranched alkanes of at least 4 members (excludes halogenated alkanes) is 1. The van der Waals surface area contributed by atoms with Gasteiger partial charge in [-0.1, -0.05) is 39.8 Å². The average Bonchev–Trinajstić information content (AvgIpc) is 2.03. The number of thiocarbonyl (C=S) groups is 1. The van der Waals surface area contributed by atoms with Gasteiger partial charge in [-0.25, -0.2) is 0 Å². The largest absolute Gasteiger partial charge is 0.478 e. The summed E-state index contributed by atoms with van der Waals surface area (Å²) in [5, 5.41) is 0. The van der Waals surface area contributed by atoms with E-state index in [1.807, 2.05) is 0 Å². The molecule has 0 aromatic rings. The van der Waals surface area contributed by atoms with Crippen molar-refractivity contribution in [3.63, 3.8) is 0 Å². The summed E-state index contributed by atoms with van der Waals surface area (Å²) >= 11 is 8.34. The Morgan fingerprint density at radius 2 is 2.08 bits per heavy atom. The van der Waals surface area contributed by atoms with Crippen molar-refractivity contribution in [2.24, 2.45) is 11.7 Å². The van der Waals surface area contributed by atoms with Crippen LogP contribution in [0.3, 0.4) is 0 Å². The van der Waals surface area contributed by atoms with Gasteiger partial charge in [0.15, 0.2) is 0 Å². The maximum Gasteiger partial charge on any atom is 0.216 e. The smallest absolute Gasteiger partial charge is 0.216 e. The zero-order chi connectivity index (χ0) is 10.7. The lowest BCUT2D eigenvalue weighted by atomic mass is 10.2. The van der Waals surface area contributed by atoms with Crippen molar-refractivity contribution < 1.29 is 4.74 Å². The molecule has 2 nitrogen and oxygen atoms in total. The van der Waals surface area contributed by atoms with E-state index in [0.29, 0.717) is 16.9 Å². The number of nitrogens with two attached hydrogens (primary N) is 1. The summed E-state index contributed by atoms with van der Waals surface area (Å²) in [5.74, 6) is 0.528. The summed E-state index contributed by atoms with van der Waals surface area (Å²) in [4.78, 5) is 0. The highest BCUT2D eigenvalue weighted by atomic mass is 32.1. The second kappa shape index (κ2) is 12.2. The van der Waals surface area contributed by atoms with Gasteiger partial charge in [0, 0.05) is 0 Å². The lowest BCUT2D eigenvalue weighted by Gasteiger charge is -2.03. The highest BCUT2D eigenvalue weighted by molar-refractivity contribution is 8.10. The zero-order valence-corrected chi connectivity index (χ0v) is 10.5. The highest BCUT2D eigenvalue weighted by Gasteiger charge is 1.92. The predicted molar refractivity (Wildman–Crippen MR) is 66.3 cm³/mol. The third-order valence-corrected chi connectivity index (χ3v) is 1.34. The van der Waals surface area contributed by atoms with Crippen molar-refractivity contribution in [1.82, 2.24) is 0 Å². The molecule has 0 atom stereocenters. The van der Waals surface area contributed by atoms with Gasteiger partial charge in [0.1, 0.15) is 0 Å². The van der Waals surface area contributed by atoms with E-state index in [1.165, 1.54) is 12.8 Å². The first-order chi connectivity index (χ1) is 6.04. The van der Waals surface area contributed by atoms with Gasteiger partial charge in [0.2, 0.25) is 4.38 Å². The van der Waals surface area contributed by atoms with Crippen LogP contribution in [0.15, 0.2) is 0 Å². The number of hydrogen-bond donors (Lipinski definition) is 2. The van der Waals surface area contributed by atoms with E-state index in [1.54, 1.807) is 0 Å². The second-order valence-corrected chi connectivity index (χ2v) is 4.19. The third kappa shape index (κ3) is 24.5. The molecule has 0 radical (unpaired) electrons. The maximum absolute atomic E-state index is 5.14. The van der Waals surface area contributed by atoms with Crippen molar-refractivity contribution in [1.29, 1.82) is 0 Å². The molecule has 0 aliphatic heterocycles. The Bertz CT molecular complexity index is 116. The van der Waals surface area contributed by atoms with Crippen LogP contribution in [0.4, 0.5) is 0 Å². The molecule has 13 heavy (non-hydrogen) atoms. The van der Waals surface area contributed by atoms with Crippen LogP contribution < -0.4 is 5.73 Å². The standard InChI is InChI=1S/C5H10OS2.C4H11N/c1-4(2)3-6-5(7)8;1-2-3-4-5/h4H,3H2,1-2H3,(H,7,8);2-5H2,1H3. The lowest BCUT2D eigenvalue weighted by Crippen LogP contribution is -2.02. The fraction of sp³-hybridized carbons (Fsp3) is 0.889. The molecule has 0 bridgehead atoms. The van der Waals surface area contributed by atoms with E-state index < -0.39 is 0 Å². The van der Waals surface area contributed by atoms with Gasteiger partial charge in [-0.15, -0.1) is 0 Å². The Kier molecular flexibility index (Phi) is 14.7. The van der Waals surface area contributed by atoms with E-state index in [4.69, 9.17) is 10.5 Å².